The Morgan fingerprint density at radius 3 is 2.23 bits per heavy atom. The van der Waals surface area contributed by atoms with E-state index in [9.17, 15) is 43.5 Å². The summed E-state index contributed by atoms with van der Waals surface area (Å²) in [6, 6.07) is -4.98. The largest absolute Gasteiger partial charge is 0.480 e. The van der Waals surface area contributed by atoms with Gasteiger partial charge in [0.1, 0.15) is 60.5 Å². The summed E-state index contributed by atoms with van der Waals surface area (Å²) in [7, 11) is 0. The van der Waals surface area contributed by atoms with Crippen LogP contribution < -0.4 is 54.0 Å². The third-order valence-corrected chi connectivity index (χ3v) is 14.0. The zero-order chi connectivity index (χ0) is 55.8. The van der Waals surface area contributed by atoms with E-state index in [4.69, 9.17) is 11.5 Å². The fourth-order valence-electron chi connectivity index (χ4n) is 10.1. The molecule has 1 saturated heterocycles. The van der Waals surface area contributed by atoms with Gasteiger partial charge in [-0.3, -0.25) is 47.9 Å². The van der Waals surface area contributed by atoms with Gasteiger partial charge in [-0.05, 0) is 55.1 Å². The van der Waals surface area contributed by atoms with Crippen molar-refractivity contribution < 1.29 is 48.3 Å². The molecule has 26 nitrogen and oxygen atoms in total. The number of carbonyl (C=O) groups excluding carboxylic acids is 8. The van der Waals surface area contributed by atoms with Crippen LogP contribution in [0.2, 0.25) is 0 Å². The number of H-pyrrole nitrogens is 2. The summed E-state index contributed by atoms with van der Waals surface area (Å²) >= 11 is 0. The van der Waals surface area contributed by atoms with E-state index in [1.807, 2.05) is 33.8 Å². The second kappa shape index (κ2) is 24.6. The van der Waals surface area contributed by atoms with Gasteiger partial charge < -0.3 is 69.1 Å². The Hall–Kier alpha value is -8.32. The molecule has 0 saturated carbocycles. The number of aliphatic imine (C=N–C) groups is 1. The van der Waals surface area contributed by atoms with Crippen molar-refractivity contribution in [2.45, 2.75) is 147 Å². The van der Waals surface area contributed by atoms with Crippen LogP contribution in [0.1, 0.15) is 102 Å². The van der Waals surface area contributed by atoms with E-state index in [-0.39, 0.29) is 87.3 Å². The van der Waals surface area contributed by atoms with Gasteiger partial charge in [0, 0.05) is 72.7 Å². The molecule has 77 heavy (non-hydrogen) atoms. The van der Waals surface area contributed by atoms with Crippen molar-refractivity contribution in [2.24, 2.45) is 34.2 Å². The predicted octanol–water partition coefficient (Wildman–Crippen LogP) is -1.32. The van der Waals surface area contributed by atoms with Gasteiger partial charge in [0.2, 0.25) is 47.3 Å². The fraction of sp³-hybridized carbons (Fsp3) is 0.529. The van der Waals surface area contributed by atoms with Gasteiger partial charge in [0.05, 0.1) is 12.0 Å². The van der Waals surface area contributed by atoms with Crippen molar-refractivity contribution in [3.8, 4) is 5.82 Å². The lowest BCUT2D eigenvalue weighted by Gasteiger charge is -2.33. The number of hydrogen-bond donors (Lipinski definition) is 13. The fourth-order valence-corrected chi connectivity index (χ4v) is 10.1. The second-order valence-corrected chi connectivity index (χ2v) is 21.1. The number of amides is 8. The first-order valence-electron chi connectivity index (χ1n) is 25.9. The van der Waals surface area contributed by atoms with E-state index in [2.05, 4.69) is 67.5 Å². The molecule has 0 radical (unpaired) electrons. The van der Waals surface area contributed by atoms with Gasteiger partial charge in [-0.1, -0.05) is 53.7 Å². The Labute approximate surface area is 443 Å². The maximum Gasteiger partial charge on any atom is 0.326 e. The minimum absolute atomic E-state index is 0.0512. The van der Waals surface area contributed by atoms with Gasteiger partial charge in [-0.15, -0.1) is 0 Å². The maximum absolute atomic E-state index is 15.0. The number of nitrogens with zero attached hydrogens (tertiary/aromatic N) is 4. The van der Waals surface area contributed by atoms with Crippen LogP contribution in [-0.4, -0.2) is 144 Å². The molecule has 414 valence electrons. The molecule has 8 amide bonds. The molecule has 26 heteroatoms. The van der Waals surface area contributed by atoms with E-state index in [0.717, 1.165) is 0 Å². The van der Waals surface area contributed by atoms with Crippen LogP contribution in [0.4, 0.5) is 0 Å². The van der Waals surface area contributed by atoms with Gasteiger partial charge in [0.25, 0.3) is 0 Å². The molecule has 3 aromatic heterocycles. The second-order valence-electron chi connectivity index (χ2n) is 21.1. The van der Waals surface area contributed by atoms with Gasteiger partial charge in [0.15, 0.2) is 5.96 Å². The smallest absolute Gasteiger partial charge is 0.326 e. The third-order valence-electron chi connectivity index (χ3n) is 14.0. The van der Waals surface area contributed by atoms with Crippen molar-refractivity contribution in [1.29, 1.82) is 0 Å². The highest BCUT2D eigenvalue weighted by Crippen LogP contribution is 2.35. The number of aliphatic carboxylic acids is 1. The molecule has 0 spiro atoms. The maximum atomic E-state index is 15.0. The Morgan fingerprint density at radius 1 is 0.844 bits per heavy atom. The van der Waals surface area contributed by atoms with E-state index < -0.39 is 107 Å². The molecule has 7 heterocycles. The summed E-state index contributed by atoms with van der Waals surface area (Å²) in [6.45, 7) is 10.9. The average Bonchev–Trinajstić information content (AvgIpc) is 4.23. The first-order valence-corrected chi connectivity index (χ1v) is 25.9. The Kier molecular flexibility index (Phi) is 18.0. The highest BCUT2D eigenvalue weighted by Gasteiger charge is 2.41. The number of nitrogens with two attached hydrogens (primary N) is 2. The van der Waals surface area contributed by atoms with Crippen LogP contribution in [0.5, 0.6) is 0 Å². The van der Waals surface area contributed by atoms with Crippen molar-refractivity contribution >= 4 is 70.1 Å². The number of carboxylic acid groups (broad SMARTS) is 1. The highest BCUT2D eigenvalue weighted by molar-refractivity contribution is 5.99. The molecule has 9 atom stereocenters. The molecule has 4 aliphatic heterocycles. The van der Waals surface area contributed by atoms with E-state index >= 15 is 4.79 Å². The molecule has 7 bridgehead atoms. The quantitative estimate of drug-likeness (QED) is 0.0285. The molecular weight excluding hydrogens is 997 g/mol. The lowest BCUT2D eigenvalue weighted by molar-refractivity contribution is -0.142. The van der Waals surface area contributed by atoms with Crippen molar-refractivity contribution in [1.82, 2.24) is 67.0 Å². The zero-order valence-corrected chi connectivity index (χ0v) is 43.9. The summed E-state index contributed by atoms with van der Waals surface area (Å²) in [5.74, 6) is -8.50. The highest BCUT2D eigenvalue weighted by atomic mass is 16.4. The molecule has 1 aromatic carbocycles. The standard InChI is InChI=1S/C51H70N16O10/c1-23(2)14-34-47(73)65-40(25(5)6)48(74)63-36-18-30-29-10-9-26(39(24(3)4)41(49(75)62-34)66-44(70)32-11-12-38(68)58-32)15-33(29)59-42(30)67-20-28(57-22-67)17-35(45(71)64-37(50(76)77)16-27-19-54-21-56-27)61-43(69)31(60-46(36)72)8-7-13-55-51(52)53/h9-10,15,19-25,31-32,34-37,39-41,59H,7-8,11-14,16-18H2,1-6H3,(H,54,56)(H,58,68)(H,60,72)(H,61,69)(H,62,75)(H,63,74)(H,64,71)(H,65,73)(H,66,70)(H,76,77)(H4,52,53,55)/t31-,32-,34-,35+,36-,37?,39+,40-,41-/m0/s1. The summed E-state index contributed by atoms with van der Waals surface area (Å²) in [6.07, 6.45) is 5.80. The number of imidazole rings is 2. The number of carbonyl (C=O) groups is 9. The summed E-state index contributed by atoms with van der Waals surface area (Å²) in [5, 5.41) is 33.0. The predicted molar refractivity (Wildman–Crippen MR) is 279 cm³/mol. The van der Waals surface area contributed by atoms with Crippen molar-refractivity contribution in [3.05, 3.63) is 65.8 Å². The number of rotatable bonds is 15. The number of aromatic nitrogens is 5. The number of aromatic amines is 2. The van der Waals surface area contributed by atoms with Crippen LogP contribution in [0, 0.1) is 17.8 Å². The first-order chi connectivity index (χ1) is 36.6. The summed E-state index contributed by atoms with van der Waals surface area (Å²) in [5.41, 5.74) is 13.5. The lowest BCUT2D eigenvalue weighted by Crippen LogP contribution is -2.62. The van der Waals surface area contributed by atoms with Crippen molar-refractivity contribution in [3.63, 3.8) is 0 Å². The summed E-state index contributed by atoms with van der Waals surface area (Å²) < 4.78 is 1.62. The van der Waals surface area contributed by atoms with E-state index in [1.165, 1.54) is 18.9 Å². The van der Waals surface area contributed by atoms with Gasteiger partial charge >= 0.3 is 5.97 Å². The molecule has 0 aliphatic carbocycles. The first kappa shape index (κ1) is 56.4. The Morgan fingerprint density at radius 2 is 1.58 bits per heavy atom. The SMILES string of the molecule is CC(C)C[C@@H]1NC(=O)[C@@H](NC(=O)[C@@H]2CCC(=O)N2)[C@H](C(C)C)c2ccc3c4c([nH]c3c2)-n2cnc(c2)C[C@H](C(=O)NC(Cc2cnc[nH]2)C(=O)O)NC(=O)[C@H](CCCN=C(N)N)NC(=O)[C@H](C4)NC(=O)[C@H](C(C)C)NC1=O. The molecule has 4 aromatic rings. The van der Waals surface area contributed by atoms with Crippen molar-refractivity contribution in [2.75, 3.05) is 6.54 Å². The van der Waals surface area contributed by atoms with Crippen LogP contribution in [0.25, 0.3) is 16.7 Å². The molecule has 1 unspecified atom stereocenters. The molecule has 15 N–H and O–H groups in total. The van der Waals surface area contributed by atoms with Gasteiger partial charge in [-0.25, -0.2) is 14.8 Å². The molecular formula is C51H70N16O10. The van der Waals surface area contributed by atoms with E-state index in [0.29, 0.717) is 33.5 Å². The van der Waals surface area contributed by atoms with Crippen LogP contribution in [0.15, 0.2) is 48.2 Å². The number of hydrogen-bond acceptors (Lipinski definition) is 12. The molecule has 1 fully saturated rings. The minimum Gasteiger partial charge on any atom is -0.480 e. The van der Waals surface area contributed by atoms with Gasteiger partial charge in [-0.2, -0.15) is 0 Å². The van der Waals surface area contributed by atoms with Crippen LogP contribution >= 0.6 is 0 Å². The van der Waals surface area contributed by atoms with E-state index in [1.54, 1.807) is 36.7 Å². The monoisotopic (exact) mass is 1070 g/mol. The molecule has 8 rings (SSSR count). The minimum atomic E-state index is -1.45. The molecule has 4 aliphatic rings. The average molecular weight is 1070 g/mol. The number of nitrogens with one attached hydrogen (secondary N) is 10. The number of fused-ring (bicyclic) bond motifs is 13. The zero-order valence-electron chi connectivity index (χ0n) is 43.9. The lowest BCUT2D eigenvalue weighted by atomic mass is 9.81. The topological polar surface area (TPSA) is 397 Å². The van der Waals surface area contributed by atoms with Crippen LogP contribution in [-0.2, 0) is 62.4 Å². The number of carboxylic acids is 1. The third kappa shape index (κ3) is 13.9. The summed E-state index contributed by atoms with van der Waals surface area (Å²) in [4.78, 5) is 146. The number of guanidine groups is 1. The Bertz CT molecular complexity index is 2890. The Balaban J connectivity index is 1.39. The van der Waals surface area contributed by atoms with Crippen LogP contribution in [0.3, 0.4) is 0 Å². The number of benzene rings is 1. The normalized spacial score (nSPS) is 23.9.